The molecule has 1 aromatic heterocycles. The van der Waals surface area contributed by atoms with E-state index in [1.807, 2.05) is 0 Å². The fourth-order valence-electron chi connectivity index (χ4n) is 3.69. The van der Waals surface area contributed by atoms with Gasteiger partial charge in [0.05, 0.1) is 16.6 Å². The van der Waals surface area contributed by atoms with E-state index in [0.29, 0.717) is 33.4 Å². The van der Waals surface area contributed by atoms with Crippen LogP contribution in [-0.2, 0) is 9.59 Å². The number of nitrogens with one attached hydrogen (secondary N) is 1. The Kier molecular flexibility index (Phi) is 5.02. The predicted molar refractivity (Wildman–Crippen MR) is 122 cm³/mol. The molecule has 0 radical (unpaired) electrons. The summed E-state index contributed by atoms with van der Waals surface area (Å²) in [5.41, 5.74) is 1.86. The van der Waals surface area contributed by atoms with Gasteiger partial charge in [-0.1, -0.05) is 18.2 Å². The minimum absolute atomic E-state index is 0.174. The van der Waals surface area contributed by atoms with Crippen LogP contribution < -0.4 is 15.8 Å². The van der Waals surface area contributed by atoms with Gasteiger partial charge in [0.15, 0.2) is 0 Å². The Morgan fingerprint density at radius 3 is 2.36 bits per heavy atom. The second-order valence-corrected chi connectivity index (χ2v) is 7.53. The van der Waals surface area contributed by atoms with Crippen LogP contribution in [0.4, 0.5) is 11.4 Å². The average molecular weight is 439 g/mol. The fraction of sp³-hybridized carbons (Fsp3) is 0.0800. The number of benzene rings is 3. The first-order chi connectivity index (χ1) is 16.0. The summed E-state index contributed by atoms with van der Waals surface area (Å²) in [7, 11) is 0. The summed E-state index contributed by atoms with van der Waals surface area (Å²) in [6.07, 6.45) is 0.349. The number of anilines is 2. The zero-order valence-electron chi connectivity index (χ0n) is 17.3. The first-order valence-electron chi connectivity index (χ1n) is 10.3. The van der Waals surface area contributed by atoms with Crippen molar-refractivity contribution in [3.8, 4) is 11.5 Å². The first kappa shape index (κ1) is 20.3. The maximum atomic E-state index is 12.7. The fourth-order valence-corrected chi connectivity index (χ4v) is 3.69. The molecule has 0 unspecified atom stereocenters. The number of imide groups is 1. The number of fused-ring (bicyclic) bond motifs is 1. The smallest absolute Gasteiger partial charge is 0.347 e. The summed E-state index contributed by atoms with van der Waals surface area (Å²) >= 11 is 0. The molecule has 0 atom stereocenters. The van der Waals surface area contributed by atoms with Crippen LogP contribution in [0.1, 0.15) is 23.2 Å². The minimum atomic E-state index is -0.470. The highest BCUT2D eigenvalue weighted by Crippen LogP contribution is 2.25. The number of para-hydroxylation sites is 1. The van der Waals surface area contributed by atoms with Crippen LogP contribution in [0.3, 0.4) is 0 Å². The van der Waals surface area contributed by atoms with Crippen molar-refractivity contribution in [2.75, 3.05) is 10.2 Å². The van der Waals surface area contributed by atoms with E-state index in [-0.39, 0.29) is 36.5 Å². The third-order valence-electron chi connectivity index (χ3n) is 5.34. The molecule has 33 heavy (non-hydrogen) atoms. The number of carbonyl (C=O) groups is 3. The molecule has 3 aromatic carbocycles. The Balaban J connectivity index is 1.35. The van der Waals surface area contributed by atoms with Gasteiger partial charge in [0.2, 0.25) is 17.7 Å². The van der Waals surface area contributed by atoms with Gasteiger partial charge in [-0.3, -0.25) is 19.3 Å². The van der Waals surface area contributed by atoms with Gasteiger partial charge in [-0.05, 0) is 54.6 Å². The lowest BCUT2D eigenvalue weighted by Crippen LogP contribution is -2.28. The largest absolute Gasteiger partial charge is 0.403 e. The van der Waals surface area contributed by atoms with Crippen LogP contribution in [0.2, 0.25) is 0 Å². The molecular formula is C25H17N3O5. The highest BCUT2D eigenvalue weighted by atomic mass is 16.4. The maximum absolute atomic E-state index is 12.7. The van der Waals surface area contributed by atoms with Crippen LogP contribution in [0.5, 0.6) is 0 Å². The molecule has 0 spiro atoms. The third-order valence-corrected chi connectivity index (χ3v) is 5.34. The van der Waals surface area contributed by atoms with Crippen LogP contribution >= 0.6 is 0 Å². The lowest BCUT2D eigenvalue weighted by molar-refractivity contribution is -0.121. The Labute approximate surface area is 187 Å². The quantitative estimate of drug-likeness (QED) is 0.485. The molecular weight excluding hydrogens is 422 g/mol. The highest BCUT2D eigenvalue weighted by Gasteiger charge is 2.30. The second kappa shape index (κ2) is 8.16. The Hall–Kier alpha value is -4.59. The van der Waals surface area contributed by atoms with Crippen molar-refractivity contribution in [1.29, 1.82) is 0 Å². The molecule has 162 valence electrons. The van der Waals surface area contributed by atoms with Crippen molar-refractivity contribution in [3.05, 3.63) is 88.8 Å². The highest BCUT2D eigenvalue weighted by molar-refractivity contribution is 6.20. The van der Waals surface area contributed by atoms with Gasteiger partial charge in [-0.2, -0.15) is 0 Å². The molecule has 0 saturated carbocycles. The number of amides is 3. The zero-order chi connectivity index (χ0) is 22.9. The molecule has 1 aliphatic rings. The molecule has 1 aliphatic heterocycles. The van der Waals surface area contributed by atoms with E-state index >= 15 is 0 Å². The number of hydrogen-bond donors (Lipinski definition) is 1. The molecule has 3 amide bonds. The monoisotopic (exact) mass is 439 g/mol. The molecule has 0 aliphatic carbocycles. The van der Waals surface area contributed by atoms with Crippen molar-refractivity contribution in [2.24, 2.45) is 0 Å². The van der Waals surface area contributed by atoms with Crippen molar-refractivity contribution >= 4 is 40.0 Å². The standard InChI is InChI=1S/C25H17N3O5/c29-21-12-13-22(30)28(21)18-5-3-4-16(14-18)23(31)26-17-10-8-15(9-11-17)24-27-20-7-2-1-6-19(20)25(32)33-24/h1-11,14H,12-13H2,(H,26,31). The summed E-state index contributed by atoms with van der Waals surface area (Å²) in [6.45, 7) is 0. The van der Waals surface area contributed by atoms with Crippen LogP contribution in [0.15, 0.2) is 82.0 Å². The van der Waals surface area contributed by atoms with Crippen LogP contribution in [-0.4, -0.2) is 22.7 Å². The van der Waals surface area contributed by atoms with E-state index < -0.39 is 5.63 Å². The van der Waals surface area contributed by atoms with Crippen molar-refractivity contribution in [2.45, 2.75) is 12.8 Å². The van der Waals surface area contributed by atoms with Crippen molar-refractivity contribution in [3.63, 3.8) is 0 Å². The molecule has 0 bridgehead atoms. The predicted octanol–water partition coefficient (Wildman–Crippen LogP) is 3.76. The van der Waals surface area contributed by atoms with E-state index in [9.17, 15) is 19.2 Å². The minimum Gasteiger partial charge on any atom is -0.403 e. The average Bonchev–Trinajstić information content (AvgIpc) is 3.17. The normalized spacial score (nSPS) is 13.5. The molecule has 4 aromatic rings. The Bertz CT molecular complexity index is 1460. The van der Waals surface area contributed by atoms with Gasteiger partial charge in [0, 0.05) is 29.7 Å². The maximum Gasteiger partial charge on any atom is 0.347 e. The number of hydrogen-bond acceptors (Lipinski definition) is 6. The lowest BCUT2D eigenvalue weighted by atomic mass is 10.1. The van der Waals surface area contributed by atoms with Crippen molar-refractivity contribution < 1.29 is 18.8 Å². The van der Waals surface area contributed by atoms with Gasteiger partial charge < -0.3 is 9.73 Å². The summed E-state index contributed by atoms with van der Waals surface area (Å²) in [5.74, 6) is -0.757. The summed E-state index contributed by atoms with van der Waals surface area (Å²) < 4.78 is 5.33. The topological polar surface area (TPSA) is 110 Å². The zero-order valence-corrected chi connectivity index (χ0v) is 17.3. The van der Waals surface area contributed by atoms with Gasteiger partial charge in [0.1, 0.15) is 0 Å². The van der Waals surface area contributed by atoms with Gasteiger partial charge in [-0.25, -0.2) is 9.78 Å². The second-order valence-electron chi connectivity index (χ2n) is 7.53. The van der Waals surface area contributed by atoms with E-state index in [4.69, 9.17) is 4.42 Å². The van der Waals surface area contributed by atoms with E-state index in [0.717, 1.165) is 4.90 Å². The summed E-state index contributed by atoms with van der Waals surface area (Å²) in [5, 5.41) is 3.19. The number of carbonyl (C=O) groups excluding carboxylic acids is 3. The molecule has 1 fully saturated rings. The van der Waals surface area contributed by atoms with Gasteiger partial charge in [-0.15, -0.1) is 0 Å². The molecule has 5 rings (SSSR count). The van der Waals surface area contributed by atoms with Crippen LogP contribution in [0.25, 0.3) is 22.4 Å². The molecule has 8 nitrogen and oxygen atoms in total. The summed E-state index contributed by atoms with van der Waals surface area (Å²) in [6, 6.07) is 20.0. The van der Waals surface area contributed by atoms with E-state index in [2.05, 4.69) is 10.3 Å². The SMILES string of the molecule is O=C(Nc1ccc(-c2nc3ccccc3c(=O)o2)cc1)c1cccc(N2C(=O)CCC2=O)c1. The van der Waals surface area contributed by atoms with Gasteiger partial charge >= 0.3 is 5.63 Å². The van der Waals surface area contributed by atoms with Gasteiger partial charge in [0.25, 0.3) is 5.91 Å². The van der Waals surface area contributed by atoms with E-state index in [1.165, 1.54) is 6.07 Å². The number of nitrogens with zero attached hydrogens (tertiary/aromatic N) is 2. The third kappa shape index (κ3) is 3.89. The Morgan fingerprint density at radius 1 is 0.879 bits per heavy atom. The lowest BCUT2D eigenvalue weighted by Gasteiger charge is -2.15. The first-order valence-corrected chi connectivity index (χ1v) is 10.3. The molecule has 2 heterocycles. The Morgan fingerprint density at radius 2 is 1.61 bits per heavy atom. The molecule has 1 N–H and O–H groups in total. The number of aromatic nitrogens is 1. The summed E-state index contributed by atoms with van der Waals surface area (Å²) in [4.78, 5) is 54.4. The molecule has 8 heteroatoms. The molecule has 1 saturated heterocycles. The van der Waals surface area contributed by atoms with Crippen LogP contribution in [0, 0.1) is 0 Å². The van der Waals surface area contributed by atoms with Crippen molar-refractivity contribution in [1.82, 2.24) is 4.98 Å². The van der Waals surface area contributed by atoms with E-state index in [1.54, 1.807) is 66.7 Å². The number of rotatable bonds is 4.